The highest BCUT2D eigenvalue weighted by molar-refractivity contribution is 7.80. The number of carbonyl (C=O) groups is 3. The van der Waals surface area contributed by atoms with Crippen molar-refractivity contribution in [1.82, 2.24) is 10.6 Å². The van der Waals surface area contributed by atoms with Crippen LogP contribution in [0.1, 0.15) is 34.1 Å². The zero-order chi connectivity index (χ0) is 15.2. The quantitative estimate of drug-likeness (QED) is 0.503. The van der Waals surface area contributed by atoms with Crippen LogP contribution in [0.5, 0.6) is 0 Å². The molecule has 0 bridgehead atoms. The first-order valence-electron chi connectivity index (χ1n) is 5.98. The van der Waals surface area contributed by atoms with Crippen LogP contribution in [-0.2, 0) is 14.4 Å². The number of ketones is 1. The fourth-order valence-electron chi connectivity index (χ4n) is 1.46. The van der Waals surface area contributed by atoms with Gasteiger partial charge in [-0.1, -0.05) is 0 Å². The second kappa shape index (κ2) is 7.49. The van der Waals surface area contributed by atoms with Crippen LogP contribution in [0.4, 0.5) is 0 Å². The Labute approximate surface area is 118 Å². The monoisotopic (exact) mass is 290 g/mol. The van der Waals surface area contributed by atoms with Gasteiger partial charge in [-0.25, -0.2) is 0 Å². The average molecular weight is 290 g/mol. The van der Waals surface area contributed by atoms with Gasteiger partial charge >= 0.3 is 5.97 Å². The van der Waals surface area contributed by atoms with Crippen molar-refractivity contribution < 1.29 is 19.5 Å². The third kappa shape index (κ3) is 7.84. The van der Waals surface area contributed by atoms with Crippen LogP contribution >= 0.6 is 12.6 Å². The number of amides is 1. The van der Waals surface area contributed by atoms with Crippen molar-refractivity contribution in [2.75, 3.05) is 5.75 Å². The smallest absolute Gasteiger partial charge is 0.305 e. The van der Waals surface area contributed by atoms with E-state index in [0.717, 1.165) is 0 Å². The number of Topliss-reactive ketones (excluding diaryl/α,β-unsaturated/α-hetero) is 1. The maximum Gasteiger partial charge on any atom is 0.305 e. The van der Waals surface area contributed by atoms with Crippen molar-refractivity contribution in [3.8, 4) is 0 Å². The summed E-state index contributed by atoms with van der Waals surface area (Å²) in [5, 5.41) is 14.2. The number of thiol groups is 1. The minimum atomic E-state index is -1.13. The SMILES string of the molecule is CC(=O)C(CC(=O)O)NC(=O)C(CS)NC(C)(C)C. The number of carboxylic acid groups (broad SMARTS) is 1. The first kappa shape index (κ1) is 17.9. The second-order valence-electron chi connectivity index (χ2n) is 5.40. The molecule has 19 heavy (non-hydrogen) atoms. The van der Waals surface area contributed by atoms with E-state index in [1.807, 2.05) is 20.8 Å². The number of hydrogen-bond donors (Lipinski definition) is 4. The molecule has 2 atom stereocenters. The molecule has 1 amide bonds. The van der Waals surface area contributed by atoms with Crippen LogP contribution in [0.3, 0.4) is 0 Å². The highest BCUT2D eigenvalue weighted by Gasteiger charge is 2.27. The van der Waals surface area contributed by atoms with E-state index in [1.165, 1.54) is 6.92 Å². The number of rotatable bonds is 7. The van der Waals surface area contributed by atoms with Crippen LogP contribution < -0.4 is 10.6 Å². The van der Waals surface area contributed by atoms with E-state index in [1.54, 1.807) is 0 Å². The van der Waals surface area contributed by atoms with Gasteiger partial charge in [-0.05, 0) is 27.7 Å². The lowest BCUT2D eigenvalue weighted by molar-refractivity contribution is -0.140. The Hall–Kier alpha value is -1.08. The molecule has 0 spiro atoms. The molecule has 0 aromatic rings. The van der Waals surface area contributed by atoms with Crippen molar-refractivity contribution in [3.05, 3.63) is 0 Å². The minimum absolute atomic E-state index is 0.251. The van der Waals surface area contributed by atoms with Gasteiger partial charge in [0.05, 0.1) is 18.5 Å². The van der Waals surface area contributed by atoms with Gasteiger partial charge in [0, 0.05) is 11.3 Å². The topological polar surface area (TPSA) is 95.5 Å². The standard InChI is InChI=1S/C12H22N2O4S/c1-7(15)8(5-10(16)17)13-11(18)9(6-19)14-12(2,3)4/h8-9,14,19H,5-6H2,1-4H3,(H,13,18)(H,16,17). The summed E-state index contributed by atoms with van der Waals surface area (Å²) in [6, 6.07) is -1.59. The van der Waals surface area contributed by atoms with Gasteiger partial charge in [0.1, 0.15) is 0 Å². The zero-order valence-corrected chi connectivity index (χ0v) is 12.6. The Morgan fingerprint density at radius 1 is 1.21 bits per heavy atom. The normalized spacial score (nSPS) is 14.6. The predicted octanol–water partition coefficient (Wildman–Crippen LogP) is 0.221. The van der Waals surface area contributed by atoms with Crippen molar-refractivity contribution >= 4 is 30.3 Å². The average Bonchev–Trinajstić information content (AvgIpc) is 2.22. The molecule has 2 unspecified atom stereocenters. The largest absolute Gasteiger partial charge is 0.481 e. The number of carbonyl (C=O) groups excluding carboxylic acids is 2. The predicted molar refractivity (Wildman–Crippen MR) is 75.4 cm³/mol. The Morgan fingerprint density at radius 3 is 2.05 bits per heavy atom. The molecule has 0 aromatic heterocycles. The lowest BCUT2D eigenvalue weighted by Gasteiger charge is -2.28. The molecule has 0 heterocycles. The van der Waals surface area contributed by atoms with Crippen molar-refractivity contribution in [3.63, 3.8) is 0 Å². The van der Waals surface area contributed by atoms with Crippen molar-refractivity contribution in [2.45, 2.75) is 51.7 Å². The summed E-state index contributed by atoms with van der Waals surface area (Å²) in [7, 11) is 0. The van der Waals surface area contributed by atoms with Crippen LogP contribution in [-0.4, -0.2) is 46.1 Å². The van der Waals surface area contributed by atoms with E-state index >= 15 is 0 Å². The molecule has 0 aliphatic heterocycles. The first-order valence-corrected chi connectivity index (χ1v) is 6.61. The van der Waals surface area contributed by atoms with Crippen LogP contribution in [0.25, 0.3) is 0 Å². The van der Waals surface area contributed by atoms with Gasteiger partial charge in [-0.2, -0.15) is 12.6 Å². The number of carboxylic acids is 1. The number of nitrogens with one attached hydrogen (secondary N) is 2. The summed E-state index contributed by atoms with van der Waals surface area (Å²) in [6.45, 7) is 6.95. The fraction of sp³-hybridized carbons (Fsp3) is 0.750. The summed E-state index contributed by atoms with van der Waals surface area (Å²) in [6.07, 6.45) is -0.421. The third-order valence-corrected chi connectivity index (χ3v) is 2.66. The molecule has 3 N–H and O–H groups in total. The maximum atomic E-state index is 12.0. The molecule has 7 heteroatoms. The summed E-state index contributed by atoms with van der Waals surface area (Å²) in [4.78, 5) is 33.9. The minimum Gasteiger partial charge on any atom is -0.481 e. The first-order chi connectivity index (χ1) is 8.56. The molecule has 0 aliphatic rings. The summed E-state index contributed by atoms with van der Waals surface area (Å²) in [5.74, 6) is -1.69. The summed E-state index contributed by atoms with van der Waals surface area (Å²) in [5.41, 5.74) is -0.288. The highest BCUT2D eigenvalue weighted by Crippen LogP contribution is 2.04. The maximum absolute atomic E-state index is 12.0. The lowest BCUT2D eigenvalue weighted by atomic mass is 10.1. The van der Waals surface area contributed by atoms with E-state index in [-0.39, 0.29) is 17.1 Å². The van der Waals surface area contributed by atoms with E-state index in [4.69, 9.17) is 5.11 Å². The van der Waals surface area contributed by atoms with Gasteiger partial charge in [0.2, 0.25) is 5.91 Å². The van der Waals surface area contributed by atoms with Gasteiger partial charge in [-0.15, -0.1) is 0 Å². The zero-order valence-electron chi connectivity index (χ0n) is 11.7. The molecular weight excluding hydrogens is 268 g/mol. The van der Waals surface area contributed by atoms with Gasteiger partial charge in [-0.3, -0.25) is 14.4 Å². The van der Waals surface area contributed by atoms with E-state index in [9.17, 15) is 14.4 Å². The second-order valence-corrected chi connectivity index (χ2v) is 5.76. The molecular formula is C12H22N2O4S. The van der Waals surface area contributed by atoms with Crippen molar-refractivity contribution in [2.24, 2.45) is 0 Å². The molecule has 0 aliphatic carbocycles. The molecule has 0 saturated heterocycles. The summed E-state index contributed by atoms with van der Waals surface area (Å²) < 4.78 is 0. The molecule has 0 fully saturated rings. The van der Waals surface area contributed by atoms with Gasteiger partial charge in [0.25, 0.3) is 0 Å². The fourth-order valence-corrected chi connectivity index (χ4v) is 1.72. The van der Waals surface area contributed by atoms with E-state index in [2.05, 4.69) is 23.3 Å². The van der Waals surface area contributed by atoms with Gasteiger partial charge < -0.3 is 15.7 Å². The molecule has 0 radical (unpaired) electrons. The summed E-state index contributed by atoms with van der Waals surface area (Å²) >= 11 is 4.09. The van der Waals surface area contributed by atoms with Crippen molar-refractivity contribution in [1.29, 1.82) is 0 Å². The Kier molecular flexibility index (Phi) is 7.07. The van der Waals surface area contributed by atoms with Crippen LogP contribution in [0.15, 0.2) is 0 Å². The lowest BCUT2D eigenvalue weighted by Crippen LogP contribution is -2.55. The Bertz CT molecular complexity index is 352. The Morgan fingerprint density at radius 2 is 1.74 bits per heavy atom. The molecule has 0 rings (SSSR count). The van der Waals surface area contributed by atoms with E-state index in [0.29, 0.717) is 0 Å². The number of hydrogen-bond acceptors (Lipinski definition) is 5. The van der Waals surface area contributed by atoms with Crippen LogP contribution in [0, 0.1) is 0 Å². The van der Waals surface area contributed by atoms with Crippen LogP contribution in [0.2, 0.25) is 0 Å². The molecule has 0 saturated carbocycles. The number of aliphatic carboxylic acids is 1. The molecule has 0 aromatic carbocycles. The van der Waals surface area contributed by atoms with E-state index < -0.39 is 30.4 Å². The third-order valence-electron chi connectivity index (χ3n) is 2.29. The Balaban J connectivity index is 4.68. The van der Waals surface area contributed by atoms with Gasteiger partial charge in [0.15, 0.2) is 5.78 Å². The molecule has 6 nitrogen and oxygen atoms in total. The highest BCUT2D eigenvalue weighted by atomic mass is 32.1. The molecule has 110 valence electrons.